The summed E-state index contributed by atoms with van der Waals surface area (Å²) in [6, 6.07) is 24.9. The minimum absolute atomic E-state index is 0.433. The Labute approximate surface area is 146 Å². The van der Waals surface area contributed by atoms with Crippen LogP contribution in [0, 0.1) is 6.92 Å². The molecule has 0 aliphatic heterocycles. The number of Topliss-reactive ketones (excluding diaryl/α,β-unsaturated/α-hetero) is 2. The van der Waals surface area contributed by atoms with Gasteiger partial charge in [0.1, 0.15) is 0 Å². The van der Waals surface area contributed by atoms with Crippen molar-refractivity contribution < 1.29 is 9.59 Å². The van der Waals surface area contributed by atoms with Crippen LogP contribution in [0.2, 0.25) is 0 Å². The number of carbonyl (C=O) groups is 2. The summed E-state index contributed by atoms with van der Waals surface area (Å²) in [6.45, 7) is 1.93. The van der Waals surface area contributed by atoms with Crippen LogP contribution in [0.25, 0.3) is 11.1 Å². The van der Waals surface area contributed by atoms with Crippen LogP contribution < -0.4 is 0 Å². The fourth-order valence-electron chi connectivity index (χ4n) is 3.33. The Morgan fingerprint density at radius 2 is 1.12 bits per heavy atom. The molecule has 3 aromatic rings. The maximum atomic E-state index is 13.0. The highest BCUT2D eigenvalue weighted by Gasteiger charge is 2.33. The van der Waals surface area contributed by atoms with Gasteiger partial charge in [-0.1, -0.05) is 78.4 Å². The summed E-state index contributed by atoms with van der Waals surface area (Å²) in [5.41, 5.74) is 5.29. The standard InChI is InChI=1S/C23H16O2/c1-15-12-13-18-19(14-15)22(24)23(25)21(17-10-6-3-7-11-17)20(18)16-8-4-2-5-9-16/h2-14H,1H3. The van der Waals surface area contributed by atoms with Crippen molar-refractivity contribution >= 4 is 22.7 Å². The Balaban J connectivity index is 2.11. The fraction of sp³-hybridized carbons (Fsp3) is 0.0435. The Morgan fingerprint density at radius 1 is 0.560 bits per heavy atom. The van der Waals surface area contributed by atoms with Crippen molar-refractivity contribution in [3.05, 3.63) is 107 Å². The van der Waals surface area contributed by atoms with Gasteiger partial charge in [-0.25, -0.2) is 0 Å². The quantitative estimate of drug-likeness (QED) is 0.639. The van der Waals surface area contributed by atoms with Crippen LogP contribution in [-0.2, 0) is 4.79 Å². The van der Waals surface area contributed by atoms with E-state index in [0.29, 0.717) is 11.1 Å². The van der Waals surface area contributed by atoms with Gasteiger partial charge < -0.3 is 0 Å². The predicted molar refractivity (Wildman–Crippen MR) is 99.3 cm³/mol. The number of hydrogen-bond acceptors (Lipinski definition) is 2. The maximum Gasteiger partial charge on any atom is 0.234 e. The van der Waals surface area contributed by atoms with E-state index in [0.717, 1.165) is 27.8 Å². The number of ketones is 2. The average Bonchev–Trinajstić information content (AvgIpc) is 2.66. The Kier molecular flexibility index (Phi) is 3.66. The highest BCUT2D eigenvalue weighted by atomic mass is 16.2. The van der Waals surface area contributed by atoms with Gasteiger partial charge in [0.15, 0.2) is 0 Å². The molecule has 0 radical (unpaired) electrons. The minimum Gasteiger partial charge on any atom is -0.285 e. The first kappa shape index (κ1) is 15.3. The van der Waals surface area contributed by atoms with E-state index in [-0.39, 0.29) is 0 Å². The summed E-state index contributed by atoms with van der Waals surface area (Å²) in [7, 11) is 0. The Hall–Kier alpha value is -3.26. The monoisotopic (exact) mass is 324 g/mol. The average molecular weight is 324 g/mol. The predicted octanol–water partition coefficient (Wildman–Crippen LogP) is 4.72. The summed E-state index contributed by atoms with van der Waals surface area (Å²) in [6.07, 6.45) is 0. The molecule has 2 heteroatoms. The van der Waals surface area contributed by atoms with E-state index in [4.69, 9.17) is 0 Å². The van der Waals surface area contributed by atoms with E-state index >= 15 is 0 Å². The molecule has 0 atom stereocenters. The molecule has 0 N–H and O–H groups in total. The number of rotatable bonds is 2. The first-order valence-electron chi connectivity index (χ1n) is 8.22. The number of allylic oxidation sites excluding steroid dienone is 1. The van der Waals surface area contributed by atoms with E-state index in [2.05, 4.69) is 0 Å². The highest BCUT2D eigenvalue weighted by Crippen LogP contribution is 2.39. The van der Waals surface area contributed by atoms with Crippen molar-refractivity contribution in [1.82, 2.24) is 0 Å². The van der Waals surface area contributed by atoms with E-state index in [1.165, 1.54) is 0 Å². The smallest absolute Gasteiger partial charge is 0.234 e. The van der Waals surface area contributed by atoms with Crippen LogP contribution in [0.4, 0.5) is 0 Å². The Morgan fingerprint density at radius 3 is 1.72 bits per heavy atom. The number of carbonyl (C=O) groups excluding carboxylic acids is 2. The summed E-state index contributed by atoms with van der Waals surface area (Å²) in [4.78, 5) is 25.7. The summed E-state index contributed by atoms with van der Waals surface area (Å²) in [5.74, 6) is -0.875. The van der Waals surface area contributed by atoms with Gasteiger partial charge in [0, 0.05) is 16.7 Å². The molecular weight excluding hydrogens is 308 g/mol. The van der Waals surface area contributed by atoms with Crippen molar-refractivity contribution in [3.8, 4) is 0 Å². The third-order valence-corrected chi connectivity index (χ3v) is 4.50. The third-order valence-electron chi connectivity index (χ3n) is 4.50. The molecule has 0 amide bonds. The van der Waals surface area contributed by atoms with Gasteiger partial charge in [0.2, 0.25) is 11.6 Å². The Bertz CT molecular complexity index is 1010. The van der Waals surface area contributed by atoms with Crippen molar-refractivity contribution in [3.63, 3.8) is 0 Å². The maximum absolute atomic E-state index is 13.0. The lowest BCUT2D eigenvalue weighted by Crippen LogP contribution is -2.23. The highest BCUT2D eigenvalue weighted by molar-refractivity contribution is 6.63. The van der Waals surface area contributed by atoms with Crippen LogP contribution in [-0.4, -0.2) is 11.6 Å². The number of fused-ring (bicyclic) bond motifs is 1. The molecule has 0 aromatic heterocycles. The molecule has 120 valence electrons. The first-order valence-corrected chi connectivity index (χ1v) is 8.22. The summed E-state index contributed by atoms with van der Waals surface area (Å²) < 4.78 is 0. The van der Waals surface area contributed by atoms with Gasteiger partial charge in [-0.05, 0) is 29.7 Å². The second kappa shape index (κ2) is 5.99. The molecule has 0 bridgehead atoms. The zero-order chi connectivity index (χ0) is 17.4. The number of hydrogen-bond donors (Lipinski definition) is 0. The normalized spacial score (nSPS) is 13.8. The van der Waals surface area contributed by atoms with Gasteiger partial charge >= 0.3 is 0 Å². The topological polar surface area (TPSA) is 34.1 Å². The van der Waals surface area contributed by atoms with Crippen molar-refractivity contribution in [1.29, 1.82) is 0 Å². The lowest BCUT2D eigenvalue weighted by atomic mass is 9.78. The van der Waals surface area contributed by atoms with Gasteiger partial charge in [-0.3, -0.25) is 9.59 Å². The van der Waals surface area contributed by atoms with Crippen LogP contribution in [0.3, 0.4) is 0 Å². The van der Waals surface area contributed by atoms with Crippen molar-refractivity contribution in [2.24, 2.45) is 0 Å². The van der Waals surface area contributed by atoms with Crippen LogP contribution in [0.15, 0.2) is 78.9 Å². The van der Waals surface area contributed by atoms with Gasteiger partial charge in [-0.2, -0.15) is 0 Å². The molecule has 1 aliphatic carbocycles. The molecule has 0 spiro atoms. The third kappa shape index (κ3) is 2.52. The van der Waals surface area contributed by atoms with Gasteiger partial charge in [0.05, 0.1) is 0 Å². The summed E-state index contributed by atoms with van der Waals surface area (Å²) in [5, 5.41) is 0. The molecule has 2 nitrogen and oxygen atoms in total. The molecule has 0 saturated heterocycles. The molecule has 25 heavy (non-hydrogen) atoms. The van der Waals surface area contributed by atoms with E-state index in [1.807, 2.05) is 79.7 Å². The van der Waals surface area contributed by atoms with Gasteiger partial charge in [-0.15, -0.1) is 0 Å². The largest absolute Gasteiger partial charge is 0.285 e. The molecule has 3 aromatic carbocycles. The first-order chi connectivity index (χ1) is 12.2. The van der Waals surface area contributed by atoms with Gasteiger partial charge in [0.25, 0.3) is 0 Å². The van der Waals surface area contributed by atoms with E-state index < -0.39 is 11.6 Å². The minimum atomic E-state index is -0.442. The lowest BCUT2D eigenvalue weighted by Gasteiger charge is -2.23. The van der Waals surface area contributed by atoms with Crippen LogP contribution in [0.1, 0.15) is 32.6 Å². The second-order valence-corrected chi connectivity index (χ2v) is 6.19. The lowest BCUT2D eigenvalue weighted by molar-refractivity contribution is -0.110. The number of aryl methyl sites for hydroxylation is 1. The second-order valence-electron chi connectivity index (χ2n) is 6.19. The summed E-state index contributed by atoms with van der Waals surface area (Å²) >= 11 is 0. The van der Waals surface area contributed by atoms with E-state index in [9.17, 15) is 9.59 Å². The molecular formula is C23H16O2. The molecule has 0 heterocycles. The SMILES string of the molecule is Cc1ccc2c(c1)C(=O)C(=O)C(c1ccccc1)=C2c1ccccc1. The van der Waals surface area contributed by atoms with Crippen LogP contribution in [0.5, 0.6) is 0 Å². The van der Waals surface area contributed by atoms with Crippen LogP contribution >= 0.6 is 0 Å². The fourth-order valence-corrected chi connectivity index (χ4v) is 3.33. The zero-order valence-electron chi connectivity index (χ0n) is 13.8. The van der Waals surface area contributed by atoms with E-state index in [1.54, 1.807) is 6.07 Å². The number of benzene rings is 3. The zero-order valence-corrected chi connectivity index (χ0v) is 13.8. The van der Waals surface area contributed by atoms with Crippen molar-refractivity contribution in [2.45, 2.75) is 6.92 Å². The molecule has 0 unspecified atom stereocenters. The molecule has 4 rings (SSSR count). The molecule has 1 aliphatic rings. The molecule has 0 fully saturated rings. The molecule has 0 saturated carbocycles. The van der Waals surface area contributed by atoms with Crippen molar-refractivity contribution in [2.75, 3.05) is 0 Å².